The first kappa shape index (κ1) is 28.3. The van der Waals surface area contributed by atoms with Gasteiger partial charge in [-0.2, -0.15) is 0 Å². The van der Waals surface area contributed by atoms with E-state index in [0.717, 1.165) is 67.2 Å². The molecule has 0 saturated heterocycles. The van der Waals surface area contributed by atoms with Crippen molar-refractivity contribution in [3.63, 3.8) is 0 Å². The highest BCUT2D eigenvalue weighted by Gasteiger charge is 2.14. The molecule has 0 aliphatic heterocycles. The molecule has 0 atom stereocenters. The van der Waals surface area contributed by atoms with Gasteiger partial charge in [-0.3, -0.25) is 4.98 Å². The highest BCUT2D eigenvalue weighted by atomic mass is 14.9. The van der Waals surface area contributed by atoms with E-state index in [4.69, 9.17) is 9.97 Å². The van der Waals surface area contributed by atoms with Crippen molar-refractivity contribution in [3.05, 3.63) is 176 Å². The van der Waals surface area contributed by atoms with Crippen molar-refractivity contribution >= 4 is 10.8 Å². The Morgan fingerprint density at radius 1 is 0.340 bits per heavy atom. The van der Waals surface area contributed by atoms with Crippen LogP contribution >= 0.6 is 0 Å². The van der Waals surface area contributed by atoms with Gasteiger partial charge in [-0.05, 0) is 99.6 Å². The van der Waals surface area contributed by atoms with E-state index in [-0.39, 0.29) is 0 Å². The third kappa shape index (κ3) is 5.95. The summed E-state index contributed by atoms with van der Waals surface area (Å²) in [6.07, 6.45) is 1.87. The quantitative estimate of drug-likeness (QED) is 0.190. The summed E-state index contributed by atoms with van der Waals surface area (Å²) >= 11 is 0. The van der Waals surface area contributed by atoms with Gasteiger partial charge in [0.1, 0.15) is 0 Å². The Kier molecular flexibility index (Phi) is 7.41. The number of rotatable bonds is 6. The van der Waals surface area contributed by atoms with Crippen LogP contribution in [0.25, 0.3) is 78.1 Å². The average molecular weight is 602 g/mol. The van der Waals surface area contributed by atoms with Gasteiger partial charge in [-0.25, -0.2) is 9.97 Å². The number of hydrogen-bond donors (Lipinski definition) is 0. The summed E-state index contributed by atoms with van der Waals surface area (Å²) in [5.41, 5.74) is 12.7. The maximum atomic E-state index is 5.18. The molecule has 0 aliphatic carbocycles. The van der Waals surface area contributed by atoms with Crippen LogP contribution in [-0.4, -0.2) is 15.0 Å². The van der Waals surface area contributed by atoms with Crippen molar-refractivity contribution in [1.82, 2.24) is 15.0 Å². The van der Waals surface area contributed by atoms with Crippen LogP contribution < -0.4 is 0 Å². The normalized spacial score (nSPS) is 11.1. The summed E-state index contributed by atoms with van der Waals surface area (Å²) in [4.78, 5) is 14.8. The van der Waals surface area contributed by atoms with Crippen LogP contribution in [-0.2, 0) is 0 Å². The fraction of sp³-hybridized carbons (Fsp3) is 0.0227. The number of pyridine rings is 1. The first-order valence-electron chi connectivity index (χ1n) is 15.8. The second-order valence-corrected chi connectivity index (χ2v) is 11.8. The van der Waals surface area contributed by atoms with E-state index >= 15 is 0 Å². The second kappa shape index (κ2) is 12.3. The van der Waals surface area contributed by atoms with Crippen LogP contribution in [0.5, 0.6) is 0 Å². The number of benzene rings is 6. The van der Waals surface area contributed by atoms with Gasteiger partial charge in [0.15, 0.2) is 5.82 Å². The molecule has 0 radical (unpaired) electrons. The van der Waals surface area contributed by atoms with Gasteiger partial charge in [0.25, 0.3) is 0 Å². The molecule has 0 spiro atoms. The van der Waals surface area contributed by atoms with Gasteiger partial charge in [0.2, 0.25) is 0 Å². The van der Waals surface area contributed by atoms with Crippen LogP contribution in [0, 0.1) is 6.92 Å². The Morgan fingerprint density at radius 3 is 1.51 bits per heavy atom. The van der Waals surface area contributed by atoms with Gasteiger partial charge in [0.05, 0.1) is 11.4 Å². The summed E-state index contributed by atoms with van der Waals surface area (Å²) in [5, 5.41) is 2.43. The number of aromatic nitrogens is 3. The number of fused-ring (bicyclic) bond motifs is 1. The molecule has 6 aromatic carbocycles. The van der Waals surface area contributed by atoms with Crippen LogP contribution in [0.4, 0.5) is 0 Å². The molecule has 0 amide bonds. The monoisotopic (exact) mass is 601 g/mol. The predicted molar refractivity (Wildman–Crippen MR) is 195 cm³/mol. The highest BCUT2D eigenvalue weighted by Crippen LogP contribution is 2.36. The minimum absolute atomic E-state index is 0.690. The topological polar surface area (TPSA) is 38.7 Å². The Hall–Kier alpha value is -6.19. The molecule has 2 heterocycles. The van der Waals surface area contributed by atoms with E-state index in [2.05, 4.69) is 157 Å². The number of aryl methyl sites for hydroxylation is 1. The lowest BCUT2D eigenvalue weighted by atomic mass is 9.93. The van der Waals surface area contributed by atoms with Gasteiger partial charge in [0, 0.05) is 28.6 Å². The molecule has 47 heavy (non-hydrogen) atoms. The summed E-state index contributed by atoms with van der Waals surface area (Å²) < 4.78 is 0. The molecule has 3 nitrogen and oxygen atoms in total. The Balaban J connectivity index is 1.34. The van der Waals surface area contributed by atoms with E-state index in [1.54, 1.807) is 0 Å². The van der Waals surface area contributed by atoms with Crippen molar-refractivity contribution in [3.8, 4) is 67.3 Å². The summed E-state index contributed by atoms with van der Waals surface area (Å²) in [6.45, 7) is 2.03. The molecular weight excluding hydrogens is 571 g/mol. The first-order valence-corrected chi connectivity index (χ1v) is 15.8. The van der Waals surface area contributed by atoms with Crippen LogP contribution in [0.15, 0.2) is 170 Å². The summed E-state index contributed by atoms with van der Waals surface area (Å²) in [6, 6.07) is 57.6. The Morgan fingerprint density at radius 2 is 0.851 bits per heavy atom. The van der Waals surface area contributed by atoms with E-state index in [0.29, 0.717) is 5.82 Å². The maximum Gasteiger partial charge on any atom is 0.160 e. The molecular formula is C44H31N3. The molecule has 0 fully saturated rings. The highest BCUT2D eigenvalue weighted by molar-refractivity contribution is 5.89. The molecule has 0 saturated carbocycles. The zero-order valence-corrected chi connectivity index (χ0v) is 26.0. The Bertz CT molecular complexity index is 2300. The van der Waals surface area contributed by atoms with E-state index in [1.807, 2.05) is 25.3 Å². The summed E-state index contributed by atoms with van der Waals surface area (Å²) in [7, 11) is 0. The third-order valence-electron chi connectivity index (χ3n) is 8.57. The smallest absolute Gasteiger partial charge is 0.160 e. The van der Waals surface area contributed by atoms with Gasteiger partial charge in [-0.1, -0.05) is 115 Å². The van der Waals surface area contributed by atoms with E-state index < -0.39 is 0 Å². The minimum Gasteiger partial charge on any atom is -0.262 e. The molecule has 0 bridgehead atoms. The fourth-order valence-electron chi connectivity index (χ4n) is 6.15. The fourth-order valence-corrected chi connectivity index (χ4v) is 6.15. The van der Waals surface area contributed by atoms with Crippen LogP contribution in [0.2, 0.25) is 0 Å². The standard InChI is InChI=1S/C44H31N3/c1-30-23-38(21-22-45-30)35-17-10-18-36(25-35)39-26-40(37-20-19-31-11-8-9-16-34(31)24-37)28-41(27-39)44-46-42(32-12-4-2-5-13-32)29-43(47-44)33-14-6-3-7-15-33/h2-29H,1H3. The van der Waals surface area contributed by atoms with Crippen LogP contribution in [0.3, 0.4) is 0 Å². The van der Waals surface area contributed by atoms with Crippen molar-refractivity contribution in [2.45, 2.75) is 6.92 Å². The molecule has 3 heteroatoms. The minimum atomic E-state index is 0.690. The number of nitrogens with zero attached hydrogens (tertiary/aromatic N) is 3. The van der Waals surface area contributed by atoms with E-state index in [9.17, 15) is 0 Å². The average Bonchev–Trinajstić information content (AvgIpc) is 3.15. The third-order valence-corrected chi connectivity index (χ3v) is 8.57. The molecule has 2 aromatic heterocycles. The maximum absolute atomic E-state index is 5.18. The van der Waals surface area contributed by atoms with E-state index in [1.165, 1.54) is 10.8 Å². The SMILES string of the molecule is Cc1cc(-c2cccc(-c3cc(-c4ccc5ccccc5c4)cc(-c4nc(-c5ccccc5)cc(-c5ccccc5)n4)c3)c2)ccn1. The van der Waals surface area contributed by atoms with Gasteiger partial charge < -0.3 is 0 Å². The number of hydrogen-bond acceptors (Lipinski definition) is 3. The molecule has 222 valence electrons. The lowest BCUT2D eigenvalue weighted by Crippen LogP contribution is -1.97. The lowest BCUT2D eigenvalue weighted by molar-refractivity contribution is 1.18. The largest absolute Gasteiger partial charge is 0.262 e. The zero-order chi connectivity index (χ0) is 31.6. The van der Waals surface area contributed by atoms with Gasteiger partial charge in [-0.15, -0.1) is 0 Å². The van der Waals surface area contributed by atoms with Crippen molar-refractivity contribution in [1.29, 1.82) is 0 Å². The summed E-state index contributed by atoms with van der Waals surface area (Å²) in [5.74, 6) is 0.690. The molecule has 0 aliphatic rings. The predicted octanol–water partition coefficient (Wildman–Crippen LogP) is 11.3. The van der Waals surface area contributed by atoms with Gasteiger partial charge >= 0.3 is 0 Å². The molecule has 8 aromatic rings. The molecule has 0 unspecified atom stereocenters. The van der Waals surface area contributed by atoms with Crippen LogP contribution in [0.1, 0.15) is 5.69 Å². The first-order chi connectivity index (χ1) is 23.2. The van der Waals surface area contributed by atoms with Crippen molar-refractivity contribution in [2.75, 3.05) is 0 Å². The van der Waals surface area contributed by atoms with Crippen molar-refractivity contribution < 1.29 is 0 Å². The van der Waals surface area contributed by atoms with Crippen molar-refractivity contribution in [2.24, 2.45) is 0 Å². The second-order valence-electron chi connectivity index (χ2n) is 11.8. The molecule has 0 N–H and O–H groups in total. The molecule has 8 rings (SSSR count). The zero-order valence-electron chi connectivity index (χ0n) is 26.0. The Labute approximate surface area is 274 Å². The lowest BCUT2D eigenvalue weighted by Gasteiger charge is -2.14.